The molecule has 8 aromatic rings. The van der Waals surface area contributed by atoms with E-state index in [1.165, 1.54) is 65.7 Å². The summed E-state index contributed by atoms with van der Waals surface area (Å²) >= 11 is 0. The van der Waals surface area contributed by atoms with Crippen molar-refractivity contribution in [2.45, 2.75) is 19.3 Å². The zero-order chi connectivity index (χ0) is 30.3. The zero-order valence-electron chi connectivity index (χ0n) is 25.1. The van der Waals surface area contributed by atoms with Crippen LogP contribution in [0.15, 0.2) is 133 Å². The summed E-state index contributed by atoms with van der Waals surface area (Å²) in [7, 11) is 0. The smallest absolute Gasteiger partial charge is 0.187 e. The molecule has 2 heteroatoms. The van der Waals surface area contributed by atoms with Crippen molar-refractivity contribution in [3.63, 3.8) is 0 Å². The van der Waals surface area contributed by atoms with Crippen LogP contribution in [0.25, 0.3) is 81.6 Å². The first-order valence-corrected chi connectivity index (χ1v) is 15.4. The Bertz CT molecular complexity index is 2570. The first-order chi connectivity index (χ1) is 22.0. The summed E-state index contributed by atoms with van der Waals surface area (Å²) in [6.45, 7) is 12.1. The molecule has 0 saturated carbocycles. The van der Waals surface area contributed by atoms with Gasteiger partial charge in [-0.25, -0.2) is 9.83 Å². The van der Waals surface area contributed by atoms with E-state index in [0.717, 1.165) is 22.2 Å². The van der Waals surface area contributed by atoms with E-state index in [2.05, 4.69) is 146 Å². The molecule has 0 aliphatic heterocycles. The molecule has 1 aromatic heterocycles. The Labute approximate surface area is 262 Å². The molecular weight excluding hydrogens is 544 g/mol. The van der Waals surface area contributed by atoms with Crippen LogP contribution in [0.3, 0.4) is 0 Å². The number of hydrogen-bond acceptors (Lipinski definition) is 1. The molecule has 0 amide bonds. The van der Waals surface area contributed by atoms with Crippen molar-refractivity contribution in [3.05, 3.63) is 156 Å². The van der Waals surface area contributed by atoms with Crippen molar-refractivity contribution in [2.75, 3.05) is 0 Å². The molecule has 1 aliphatic carbocycles. The van der Waals surface area contributed by atoms with E-state index in [-0.39, 0.29) is 5.41 Å². The third-order valence-corrected chi connectivity index (χ3v) is 9.84. The standard InChI is InChI=1S/C43H28N2/c1-43(2)37-23-28(17-20-32(37)33-21-19-29(44-3)24-38(33)43)35-25-36-40(34-16-10-9-15-31(34)35)41-30-14-8-7-11-26(30)18-22-39(41)45-42(36)27-12-5-4-6-13-27/h4-25H,1-2H3. The van der Waals surface area contributed by atoms with Gasteiger partial charge in [0.05, 0.1) is 17.8 Å². The van der Waals surface area contributed by atoms with E-state index in [4.69, 9.17) is 11.6 Å². The van der Waals surface area contributed by atoms with Gasteiger partial charge in [0.25, 0.3) is 0 Å². The van der Waals surface area contributed by atoms with Gasteiger partial charge >= 0.3 is 0 Å². The minimum absolute atomic E-state index is 0.208. The third kappa shape index (κ3) is 3.65. The summed E-state index contributed by atoms with van der Waals surface area (Å²) in [6.07, 6.45) is 0. The van der Waals surface area contributed by atoms with Crippen LogP contribution in [0.1, 0.15) is 25.0 Å². The lowest BCUT2D eigenvalue weighted by molar-refractivity contribution is 0.661. The van der Waals surface area contributed by atoms with Crippen LogP contribution >= 0.6 is 0 Å². The van der Waals surface area contributed by atoms with E-state index in [1.54, 1.807) is 0 Å². The lowest BCUT2D eigenvalue weighted by Crippen LogP contribution is -2.14. The van der Waals surface area contributed by atoms with E-state index in [1.807, 2.05) is 6.07 Å². The van der Waals surface area contributed by atoms with Crippen LogP contribution in [-0.2, 0) is 5.41 Å². The molecule has 0 N–H and O–H groups in total. The molecule has 1 heterocycles. The van der Waals surface area contributed by atoms with Crippen molar-refractivity contribution < 1.29 is 0 Å². The fraction of sp³-hybridized carbons (Fsp3) is 0.0698. The highest BCUT2D eigenvalue weighted by Gasteiger charge is 2.35. The highest BCUT2D eigenvalue weighted by Crippen LogP contribution is 2.51. The van der Waals surface area contributed by atoms with Crippen LogP contribution in [0.2, 0.25) is 0 Å². The van der Waals surface area contributed by atoms with Crippen LogP contribution in [0, 0.1) is 6.57 Å². The first kappa shape index (κ1) is 25.7. The summed E-state index contributed by atoms with van der Waals surface area (Å²) in [6, 6.07) is 47.9. The molecule has 9 rings (SSSR count). The molecule has 0 fully saturated rings. The Morgan fingerprint density at radius 2 is 1.22 bits per heavy atom. The van der Waals surface area contributed by atoms with Gasteiger partial charge in [-0.3, -0.25) is 0 Å². The molecule has 0 spiro atoms. The fourth-order valence-electron chi connectivity index (χ4n) is 7.65. The van der Waals surface area contributed by atoms with E-state index >= 15 is 0 Å². The van der Waals surface area contributed by atoms with Gasteiger partial charge in [0, 0.05) is 27.1 Å². The number of nitrogens with zero attached hydrogens (tertiary/aromatic N) is 2. The number of aromatic nitrogens is 1. The topological polar surface area (TPSA) is 17.2 Å². The number of fused-ring (bicyclic) bond motifs is 10. The minimum atomic E-state index is -0.208. The lowest BCUT2D eigenvalue weighted by Gasteiger charge is -2.23. The summed E-state index contributed by atoms with van der Waals surface area (Å²) in [4.78, 5) is 9.09. The zero-order valence-corrected chi connectivity index (χ0v) is 25.1. The van der Waals surface area contributed by atoms with Crippen LogP contribution in [0.4, 0.5) is 5.69 Å². The quantitative estimate of drug-likeness (QED) is 0.149. The van der Waals surface area contributed by atoms with Crippen molar-refractivity contribution in [1.29, 1.82) is 0 Å². The molecule has 0 unspecified atom stereocenters. The fourth-order valence-corrected chi connectivity index (χ4v) is 7.65. The Balaban J connectivity index is 1.40. The summed E-state index contributed by atoms with van der Waals surface area (Å²) in [5.74, 6) is 0. The maximum atomic E-state index is 7.58. The van der Waals surface area contributed by atoms with E-state index < -0.39 is 0 Å². The van der Waals surface area contributed by atoms with Crippen molar-refractivity contribution in [1.82, 2.24) is 4.98 Å². The second kappa shape index (κ2) is 9.36. The van der Waals surface area contributed by atoms with E-state index in [0.29, 0.717) is 5.69 Å². The van der Waals surface area contributed by atoms with Gasteiger partial charge in [0.15, 0.2) is 5.69 Å². The van der Waals surface area contributed by atoms with Crippen LogP contribution in [-0.4, -0.2) is 4.98 Å². The first-order valence-electron chi connectivity index (χ1n) is 15.4. The molecule has 0 atom stereocenters. The molecule has 0 saturated heterocycles. The van der Waals surface area contributed by atoms with Gasteiger partial charge in [-0.05, 0) is 73.1 Å². The molecule has 45 heavy (non-hydrogen) atoms. The summed E-state index contributed by atoms with van der Waals surface area (Å²) in [5.41, 5.74) is 11.0. The maximum absolute atomic E-state index is 7.58. The average molecular weight is 573 g/mol. The van der Waals surface area contributed by atoms with Gasteiger partial charge in [-0.2, -0.15) is 0 Å². The molecule has 7 aromatic carbocycles. The van der Waals surface area contributed by atoms with E-state index in [9.17, 15) is 0 Å². The Kier molecular flexibility index (Phi) is 5.34. The van der Waals surface area contributed by atoms with Crippen LogP contribution in [0.5, 0.6) is 0 Å². The number of pyridine rings is 1. The molecular formula is C43H28N2. The SMILES string of the molecule is [C-]#[N+]c1ccc2c(c1)C(C)(C)c1cc(-c3cc4c(-c5ccccc5)nc5ccc6ccccc6c5c4c4ccccc34)ccc1-2. The van der Waals surface area contributed by atoms with Gasteiger partial charge in [0.1, 0.15) is 0 Å². The largest absolute Gasteiger partial charge is 0.247 e. The average Bonchev–Trinajstić information content (AvgIpc) is 3.32. The van der Waals surface area contributed by atoms with Crippen LogP contribution < -0.4 is 0 Å². The number of hydrogen-bond donors (Lipinski definition) is 0. The monoisotopic (exact) mass is 572 g/mol. The highest BCUT2D eigenvalue weighted by atomic mass is 14.7. The Morgan fingerprint density at radius 1 is 0.533 bits per heavy atom. The summed E-state index contributed by atoms with van der Waals surface area (Å²) < 4.78 is 0. The molecule has 0 radical (unpaired) electrons. The van der Waals surface area contributed by atoms with Gasteiger partial charge in [0.2, 0.25) is 0 Å². The van der Waals surface area contributed by atoms with Crippen molar-refractivity contribution in [3.8, 4) is 33.5 Å². The maximum Gasteiger partial charge on any atom is 0.187 e. The molecule has 1 aliphatic rings. The number of rotatable bonds is 2. The predicted molar refractivity (Wildman–Crippen MR) is 189 cm³/mol. The van der Waals surface area contributed by atoms with Gasteiger partial charge < -0.3 is 0 Å². The summed E-state index contributed by atoms with van der Waals surface area (Å²) in [5, 5.41) is 8.51. The second-order valence-electron chi connectivity index (χ2n) is 12.6. The minimum Gasteiger partial charge on any atom is -0.247 e. The predicted octanol–water partition coefficient (Wildman–Crippen LogP) is 11.9. The molecule has 2 nitrogen and oxygen atoms in total. The van der Waals surface area contributed by atoms with Crippen molar-refractivity contribution in [2.24, 2.45) is 0 Å². The Morgan fingerprint density at radius 3 is 2.02 bits per heavy atom. The Hall–Kier alpha value is -5.78. The second-order valence-corrected chi connectivity index (χ2v) is 12.6. The van der Waals surface area contributed by atoms with Gasteiger partial charge in [-0.1, -0.05) is 129 Å². The molecule has 210 valence electrons. The normalized spacial score (nSPS) is 13.3. The highest BCUT2D eigenvalue weighted by molar-refractivity contribution is 6.30. The van der Waals surface area contributed by atoms with Gasteiger partial charge in [-0.15, -0.1) is 0 Å². The molecule has 0 bridgehead atoms. The number of benzene rings is 7. The lowest BCUT2D eigenvalue weighted by atomic mass is 9.81. The third-order valence-electron chi connectivity index (χ3n) is 9.84. The van der Waals surface area contributed by atoms with Crippen molar-refractivity contribution >= 4 is 48.9 Å².